The molecule has 0 radical (unpaired) electrons. The van der Waals surface area contributed by atoms with Crippen LogP contribution >= 0.6 is 11.6 Å². The lowest BCUT2D eigenvalue weighted by Gasteiger charge is -2.25. The van der Waals surface area contributed by atoms with Crippen LogP contribution in [0.1, 0.15) is 35.3 Å². The second kappa shape index (κ2) is 6.78. The van der Waals surface area contributed by atoms with Gasteiger partial charge in [0.15, 0.2) is 0 Å². The van der Waals surface area contributed by atoms with Crippen molar-refractivity contribution >= 4 is 23.7 Å². The summed E-state index contributed by atoms with van der Waals surface area (Å²) in [6.45, 7) is 1.32. The van der Waals surface area contributed by atoms with Crippen molar-refractivity contribution in [1.82, 2.24) is 20.0 Å². The molecule has 1 saturated heterocycles. The van der Waals surface area contributed by atoms with E-state index < -0.39 is 5.56 Å². The van der Waals surface area contributed by atoms with Gasteiger partial charge >= 0.3 is 5.56 Å². The van der Waals surface area contributed by atoms with Gasteiger partial charge in [0.25, 0.3) is 5.91 Å². The van der Waals surface area contributed by atoms with Gasteiger partial charge < -0.3 is 4.90 Å². The first-order chi connectivity index (χ1) is 11.2. The second-order valence-corrected chi connectivity index (χ2v) is 5.70. The van der Waals surface area contributed by atoms with Gasteiger partial charge in [-0.1, -0.05) is 29.8 Å². The van der Waals surface area contributed by atoms with Crippen molar-refractivity contribution in [2.45, 2.75) is 19.3 Å². The van der Waals surface area contributed by atoms with Gasteiger partial charge in [0.2, 0.25) is 5.69 Å². The number of aromatic nitrogens is 3. The molecule has 0 saturated carbocycles. The maximum Gasteiger partial charge on any atom is 0.320 e. The number of rotatable bonds is 3. The third-order valence-electron chi connectivity index (χ3n) is 3.71. The summed E-state index contributed by atoms with van der Waals surface area (Å²) in [5.41, 5.74) is -0.0355. The van der Waals surface area contributed by atoms with E-state index in [1.807, 2.05) is 6.07 Å². The number of hydrogen-bond acceptors (Lipinski definition) is 4. The Bertz CT molecular complexity index is 789. The number of aromatic amines is 1. The average molecular weight is 334 g/mol. The van der Waals surface area contributed by atoms with E-state index in [1.165, 1.54) is 6.21 Å². The summed E-state index contributed by atoms with van der Waals surface area (Å²) in [6.07, 6.45) is 4.46. The van der Waals surface area contributed by atoms with Crippen molar-refractivity contribution in [3.05, 3.63) is 50.9 Å². The molecule has 2 heterocycles. The highest BCUT2D eigenvalue weighted by Crippen LogP contribution is 2.12. The highest BCUT2D eigenvalue weighted by molar-refractivity contribution is 6.33. The summed E-state index contributed by atoms with van der Waals surface area (Å²) in [5.74, 6) is -0.349. The fourth-order valence-electron chi connectivity index (χ4n) is 2.45. The van der Waals surface area contributed by atoms with Gasteiger partial charge in [0, 0.05) is 23.7 Å². The molecule has 0 atom stereocenters. The smallest absolute Gasteiger partial charge is 0.320 e. The van der Waals surface area contributed by atoms with Crippen molar-refractivity contribution in [3.63, 3.8) is 0 Å². The van der Waals surface area contributed by atoms with Crippen molar-refractivity contribution in [2.24, 2.45) is 5.10 Å². The van der Waals surface area contributed by atoms with Gasteiger partial charge in [-0.15, -0.1) is 9.89 Å². The topological polar surface area (TPSA) is 83.3 Å². The lowest BCUT2D eigenvalue weighted by atomic mass is 10.1. The minimum Gasteiger partial charge on any atom is -0.337 e. The number of benzene rings is 1. The average Bonchev–Trinajstić information content (AvgIpc) is 2.95. The summed E-state index contributed by atoms with van der Waals surface area (Å²) in [4.78, 5) is 27.1. The van der Waals surface area contributed by atoms with Gasteiger partial charge in [-0.2, -0.15) is 10.3 Å². The Morgan fingerprint density at radius 2 is 2.00 bits per heavy atom. The fourth-order valence-corrected chi connectivity index (χ4v) is 2.64. The van der Waals surface area contributed by atoms with Crippen LogP contribution in [0.4, 0.5) is 0 Å². The number of likely N-dealkylation sites (tertiary alicyclic amines) is 1. The SMILES string of the molecule is O=C(c1n[nH]n(N=Cc2ccccc2Cl)c1=O)N1CCCCC1. The number of carbonyl (C=O) groups is 1. The van der Waals surface area contributed by atoms with Crippen LogP contribution in [-0.2, 0) is 0 Å². The number of nitrogens with zero attached hydrogens (tertiary/aromatic N) is 4. The normalized spacial score (nSPS) is 15.3. The molecule has 3 rings (SSSR count). The first-order valence-electron chi connectivity index (χ1n) is 7.42. The lowest BCUT2D eigenvalue weighted by molar-refractivity contribution is 0.0717. The van der Waals surface area contributed by atoms with Crippen LogP contribution in [0.25, 0.3) is 0 Å². The van der Waals surface area contributed by atoms with E-state index in [2.05, 4.69) is 15.4 Å². The Labute approximate surface area is 137 Å². The van der Waals surface area contributed by atoms with Crippen LogP contribution in [0, 0.1) is 0 Å². The maximum atomic E-state index is 12.3. The van der Waals surface area contributed by atoms with E-state index in [1.54, 1.807) is 23.1 Å². The van der Waals surface area contributed by atoms with Crippen molar-refractivity contribution in [1.29, 1.82) is 0 Å². The largest absolute Gasteiger partial charge is 0.337 e. The van der Waals surface area contributed by atoms with Crippen molar-refractivity contribution in [3.8, 4) is 0 Å². The molecule has 1 aromatic carbocycles. The third kappa shape index (κ3) is 3.34. The predicted molar refractivity (Wildman–Crippen MR) is 87.0 cm³/mol. The van der Waals surface area contributed by atoms with E-state index in [0.29, 0.717) is 23.7 Å². The zero-order valence-corrected chi connectivity index (χ0v) is 13.2. The number of halogens is 1. The molecular weight excluding hydrogens is 318 g/mol. The fraction of sp³-hybridized carbons (Fsp3) is 0.333. The number of piperidine rings is 1. The minimum absolute atomic E-state index is 0.136. The summed E-state index contributed by atoms with van der Waals surface area (Å²) < 4.78 is 0. The standard InChI is InChI=1S/C15H16ClN5O2/c16-12-7-3-2-6-11(12)10-17-21-15(23)13(18-19-21)14(22)20-8-4-1-5-9-20/h2-3,6-7,10,19H,1,4-5,8-9H2. The highest BCUT2D eigenvalue weighted by Gasteiger charge is 2.24. The minimum atomic E-state index is -0.566. The zero-order valence-electron chi connectivity index (χ0n) is 12.4. The second-order valence-electron chi connectivity index (χ2n) is 5.30. The third-order valence-corrected chi connectivity index (χ3v) is 4.06. The summed E-state index contributed by atoms with van der Waals surface area (Å²) in [5, 5.41) is 10.8. The lowest BCUT2D eigenvalue weighted by Crippen LogP contribution is -2.38. The first kappa shape index (κ1) is 15.5. The Morgan fingerprint density at radius 1 is 1.26 bits per heavy atom. The van der Waals surface area contributed by atoms with Crippen LogP contribution in [0.2, 0.25) is 5.02 Å². The van der Waals surface area contributed by atoms with E-state index in [4.69, 9.17) is 11.6 Å². The molecule has 1 fully saturated rings. The summed E-state index contributed by atoms with van der Waals surface area (Å²) >= 11 is 6.02. The first-order valence-corrected chi connectivity index (χ1v) is 7.80. The van der Waals surface area contributed by atoms with E-state index in [9.17, 15) is 9.59 Å². The quantitative estimate of drug-likeness (QED) is 0.868. The molecule has 1 N–H and O–H groups in total. The molecule has 1 amide bonds. The highest BCUT2D eigenvalue weighted by atomic mass is 35.5. The Morgan fingerprint density at radius 3 is 2.74 bits per heavy atom. The summed E-state index contributed by atoms with van der Waals surface area (Å²) in [7, 11) is 0. The van der Waals surface area contributed by atoms with Gasteiger partial charge in [0.1, 0.15) is 0 Å². The Balaban J connectivity index is 1.81. The predicted octanol–water partition coefficient (Wildman–Crippen LogP) is 1.73. The van der Waals surface area contributed by atoms with E-state index in [-0.39, 0.29) is 11.6 Å². The Hall–Kier alpha value is -2.41. The molecule has 0 unspecified atom stereocenters. The molecule has 0 aliphatic carbocycles. The van der Waals surface area contributed by atoms with E-state index in [0.717, 1.165) is 24.1 Å². The van der Waals surface area contributed by atoms with E-state index >= 15 is 0 Å². The van der Waals surface area contributed by atoms with Crippen LogP contribution in [0.15, 0.2) is 34.2 Å². The van der Waals surface area contributed by atoms with Crippen molar-refractivity contribution in [2.75, 3.05) is 13.1 Å². The number of nitrogens with one attached hydrogen (secondary N) is 1. The van der Waals surface area contributed by atoms with Crippen LogP contribution < -0.4 is 5.56 Å². The molecule has 0 bridgehead atoms. The number of hydrogen-bond donors (Lipinski definition) is 1. The van der Waals surface area contributed by atoms with Crippen LogP contribution in [0.3, 0.4) is 0 Å². The molecular formula is C15H16ClN5O2. The molecule has 2 aromatic rings. The van der Waals surface area contributed by atoms with Crippen LogP contribution in [0.5, 0.6) is 0 Å². The van der Waals surface area contributed by atoms with Crippen molar-refractivity contribution < 1.29 is 4.79 Å². The van der Waals surface area contributed by atoms with Gasteiger partial charge in [-0.3, -0.25) is 9.59 Å². The molecule has 23 heavy (non-hydrogen) atoms. The Kier molecular flexibility index (Phi) is 4.57. The van der Waals surface area contributed by atoms with Crippen LogP contribution in [-0.4, -0.2) is 45.2 Å². The number of amides is 1. The van der Waals surface area contributed by atoms with Gasteiger partial charge in [-0.05, 0) is 25.3 Å². The molecule has 1 aromatic heterocycles. The molecule has 120 valence electrons. The monoisotopic (exact) mass is 333 g/mol. The van der Waals surface area contributed by atoms with Gasteiger partial charge in [-0.25, -0.2) is 0 Å². The number of H-pyrrole nitrogens is 1. The van der Waals surface area contributed by atoms with Gasteiger partial charge in [0.05, 0.1) is 6.21 Å². The maximum absolute atomic E-state index is 12.3. The zero-order chi connectivity index (χ0) is 16.2. The molecule has 0 spiro atoms. The molecule has 8 heteroatoms. The molecule has 1 aliphatic rings. The number of carbonyl (C=O) groups excluding carboxylic acids is 1. The summed E-state index contributed by atoms with van der Waals surface area (Å²) in [6, 6.07) is 7.11. The molecule has 7 nitrogen and oxygen atoms in total. The molecule has 1 aliphatic heterocycles.